The van der Waals surface area contributed by atoms with Gasteiger partial charge in [0.25, 0.3) is 0 Å². The Morgan fingerprint density at radius 3 is 2.96 bits per heavy atom. The van der Waals surface area contributed by atoms with Gasteiger partial charge in [-0.05, 0) is 39.3 Å². The summed E-state index contributed by atoms with van der Waals surface area (Å²) in [4.78, 5) is 17.9. The fourth-order valence-electron chi connectivity index (χ4n) is 5.11. The Hall–Kier alpha value is -1.77. The van der Waals surface area contributed by atoms with E-state index in [0.717, 1.165) is 25.0 Å². The first kappa shape index (κ1) is 16.4. The Kier molecular flexibility index (Phi) is 3.88. The second kappa shape index (κ2) is 6.14. The molecule has 3 saturated heterocycles. The van der Waals surface area contributed by atoms with Crippen molar-refractivity contribution < 1.29 is 4.74 Å². The highest BCUT2D eigenvalue weighted by Crippen LogP contribution is 2.38. The van der Waals surface area contributed by atoms with Crippen molar-refractivity contribution in [2.24, 2.45) is 0 Å². The number of rotatable bonds is 3. The Bertz CT molecular complexity index is 794. The van der Waals surface area contributed by atoms with Crippen molar-refractivity contribution in [2.75, 3.05) is 39.0 Å². The van der Waals surface area contributed by atoms with E-state index in [2.05, 4.69) is 31.8 Å². The van der Waals surface area contributed by atoms with Gasteiger partial charge in [0.15, 0.2) is 11.5 Å². The molecule has 2 aromatic heterocycles. The number of hydrogen-bond acceptors (Lipinski definition) is 7. The molecule has 5 rings (SSSR count). The molecule has 0 aromatic carbocycles. The molecule has 26 heavy (non-hydrogen) atoms. The van der Waals surface area contributed by atoms with Crippen molar-refractivity contribution in [3.05, 3.63) is 12.7 Å². The largest absolute Gasteiger partial charge is 0.382 e. The predicted molar refractivity (Wildman–Crippen MR) is 98.5 cm³/mol. The van der Waals surface area contributed by atoms with Crippen LogP contribution in [0.1, 0.15) is 38.3 Å². The fourth-order valence-corrected chi connectivity index (χ4v) is 5.11. The van der Waals surface area contributed by atoms with Crippen molar-refractivity contribution in [1.29, 1.82) is 0 Å². The molecule has 3 aliphatic rings. The molecule has 2 aromatic rings. The van der Waals surface area contributed by atoms with Crippen molar-refractivity contribution in [3.63, 3.8) is 0 Å². The second-order valence-electron chi connectivity index (χ2n) is 8.17. The first-order valence-electron chi connectivity index (χ1n) is 9.67. The number of likely N-dealkylation sites (tertiary alicyclic amines) is 2. The van der Waals surface area contributed by atoms with Gasteiger partial charge in [0.05, 0.1) is 12.4 Å². The van der Waals surface area contributed by atoms with Gasteiger partial charge < -0.3 is 15.4 Å². The SMILES string of the molecule is CN1CC2(CCCCN2CC2CCC(n3cnc4c(N)ncnc43)O2)C1. The third-order valence-corrected chi connectivity index (χ3v) is 6.33. The zero-order chi connectivity index (χ0) is 17.7. The van der Waals surface area contributed by atoms with Crippen LogP contribution in [0.3, 0.4) is 0 Å². The number of aromatic nitrogens is 4. The van der Waals surface area contributed by atoms with E-state index in [-0.39, 0.29) is 12.3 Å². The highest BCUT2D eigenvalue weighted by molar-refractivity contribution is 5.81. The minimum absolute atomic E-state index is 0.0101. The van der Waals surface area contributed by atoms with Crippen LogP contribution in [0.4, 0.5) is 5.82 Å². The van der Waals surface area contributed by atoms with E-state index in [9.17, 15) is 0 Å². The van der Waals surface area contributed by atoms with Crippen LogP contribution in [0.5, 0.6) is 0 Å². The summed E-state index contributed by atoms with van der Waals surface area (Å²) >= 11 is 0. The lowest BCUT2D eigenvalue weighted by Crippen LogP contribution is -2.71. The normalized spacial score (nSPS) is 29.4. The van der Waals surface area contributed by atoms with Gasteiger partial charge in [-0.2, -0.15) is 0 Å². The molecule has 3 aliphatic heterocycles. The van der Waals surface area contributed by atoms with Gasteiger partial charge in [0, 0.05) is 25.2 Å². The number of nitrogens with two attached hydrogens (primary N) is 1. The van der Waals surface area contributed by atoms with Crippen LogP contribution in [0, 0.1) is 0 Å². The molecule has 0 aliphatic carbocycles. The van der Waals surface area contributed by atoms with E-state index in [4.69, 9.17) is 10.5 Å². The van der Waals surface area contributed by atoms with Gasteiger partial charge in [-0.25, -0.2) is 15.0 Å². The Morgan fingerprint density at radius 2 is 2.12 bits per heavy atom. The summed E-state index contributed by atoms with van der Waals surface area (Å²) in [6.45, 7) is 4.64. The number of hydrogen-bond donors (Lipinski definition) is 1. The predicted octanol–water partition coefficient (Wildman–Crippen LogP) is 1.26. The summed E-state index contributed by atoms with van der Waals surface area (Å²) in [6, 6.07) is 0. The molecule has 0 saturated carbocycles. The monoisotopic (exact) mass is 357 g/mol. The summed E-state index contributed by atoms with van der Waals surface area (Å²) in [7, 11) is 2.22. The van der Waals surface area contributed by atoms with Crippen molar-refractivity contribution in [2.45, 2.75) is 50.0 Å². The van der Waals surface area contributed by atoms with E-state index in [1.165, 1.54) is 45.2 Å². The molecule has 2 unspecified atom stereocenters. The van der Waals surface area contributed by atoms with Crippen LogP contribution in [0.15, 0.2) is 12.7 Å². The average Bonchev–Trinajstić information content (AvgIpc) is 3.23. The molecular weight excluding hydrogens is 330 g/mol. The van der Waals surface area contributed by atoms with Gasteiger partial charge in [-0.1, -0.05) is 6.42 Å². The molecule has 3 fully saturated rings. The zero-order valence-electron chi connectivity index (χ0n) is 15.3. The third kappa shape index (κ3) is 2.59. The molecule has 5 heterocycles. The number of nitrogen functional groups attached to an aromatic ring is 1. The van der Waals surface area contributed by atoms with Crippen LogP contribution in [0.2, 0.25) is 0 Å². The van der Waals surface area contributed by atoms with E-state index in [1.807, 2.05) is 4.57 Å². The molecule has 0 amide bonds. The lowest BCUT2D eigenvalue weighted by molar-refractivity contribution is -0.0944. The number of likely N-dealkylation sites (N-methyl/N-ethyl adjacent to an activating group) is 1. The maximum absolute atomic E-state index is 6.41. The fraction of sp³-hybridized carbons (Fsp3) is 0.722. The quantitative estimate of drug-likeness (QED) is 0.885. The molecule has 8 heteroatoms. The molecular formula is C18H27N7O. The zero-order valence-corrected chi connectivity index (χ0v) is 15.3. The van der Waals surface area contributed by atoms with Crippen molar-refractivity contribution >= 4 is 17.0 Å². The average molecular weight is 357 g/mol. The number of ether oxygens (including phenoxy) is 1. The molecule has 2 N–H and O–H groups in total. The lowest BCUT2D eigenvalue weighted by atomic mass is 9.80. The van der Waals surface area contributed by atoms with Crippen LogP contribution in [0.25, 0.3) is 11.2 Å². The maximum atomic E-state index is 6.41. The van der Waals surface area contributed by atoms with E-state index < -0.39 is 0 Å². The van der Waals surface area contributed by atoms with Crippen LogP contribution in [-0.4, -0.2) is 74.2 Å². The van der Waals surface area contributed by atoms with Gasteiger partial charge in [-0.15, -0.1) is 0 Å². The Labute approximate surface area is 153 Å². The summed E-state index contributed by atoms with van der Waals surface area (Å²) in [5.41, 5.74) is 7.73. The second-order valence-corrected chi connectivity index (χ2v) is 8.17. The maximum Gasteiger partial charge on any atom is 0.167 e. The summed E-state index contributed by atoms with van der Waals surface area (Å²) in [5.74, 6) is 0.424. The smallest absolute Gasteiger partial charge is 0.167 e. The number of piperidine rings is 1. The number of nitrogens with zero attached hydrogens (tertiary/aromatic N) is 6. The van der Waals surface area contributed by atoms with E-state index in [1.54, 1.807) is 6.33 Å². The van der Waals surface area contributed by atoms with Crippen LogP contribution in [-0.2, 0) is 4.74 Å². The first-order valence-corrected chi connectivity index (χ1v) is 9.67. The number of imidazole rings is 1. The van der Waals surface area contributed by atoms with Crippen LogP contribution >= 0.6 is 0 Å². The van der Waals surface area contributed by atoms with Gasteiger partial charge in [0.2, 0.25) is 0 Å². The van der Waals surface area contributed by atoms with Crippen molar-refractivity contribution in [1.82, 2.24) is 29.3 Å². The third-order valence-electron chi connectivity index (χ3n) is 6.33. The molecule has 0 bridgehead atoms. The first-order chi connectivity index (χ1) is 12.6. The summed E-state index contributed by atoms with van der Waals surface area (Å²) in [5, 5.41) is 0. The molecule has 8 nitrogen and oxygen atoms in total. The lowest BCUT2D eigenvalue weighted by Gasteiger charge is -2.57. The summed E-state index contributed by atoms with van der Waals surface area (Å²) in [6.07, 6.45) is 9.61. The molecule has 140 valence electrons. The number of fused-ring (bicyclic) bond motifs is 1. The Morgan fingerprint density at radius 1 is 1.23 bits per heavy atom. The highest BCUT2D eigenvalue weighted by Gasteiger charge is 2.47. The highest BCUT2D eigenvalue weighted by atomic mass is 16.5. The minimum Gasteiger partial charge on any atom is -0.382 e. The molecule has 0 radical (unpaired) electrons. The summed E-state index contributed by atoms with van der Waals surface area (Å²) < 4.78 is 8.42. The minimum atomic E-state index is -0.0101. The standard InChI is InChI=1S/C18H27N7O/c1-23-9-18(10-23)6-2-3-7-24(18)8-13-4-5-14(26-13)25-12-22-15-16(19)20-11-21-17(15)25/h11-14H,2-10H2,1H3,(H2,19,20,21). The van der Waals surface area contributed by atoms with Gasteiger partial charge in [-0.3, -0.25) is 9.47 Å². The molecule has 1 spiro atoms. The topological polar surface area (TPSA) is 85.3 Å². The van der Waals surface area contributed by atoms with Crippen LogP contribution < -0.4 is 5.73 Å². The number of anilines is 1. The van der Waals surface area contributed by atoms with Gasteiger partial charge >= 0.3 is 0 Å². The van der Waals surface area contributed by atoms with Gasteiger partial charge in [0.1, 0.15) is 18.1 Å². The Balaban J connectivity index is 1.29. The molecule has 2 atom stereocenters. The van der Waals surface area contributed by atoms with E-state index >= 15 is 0 Å². The van der Waals surface area contributed by atoms with Crippen molar-refractivity contribution in [3.8, 4) is 0 Å². The van der Waals surface area contributed by atoms with E-state index in [0.29, 0.717) is 16.9 Å².